The van der Waals surface area contributed by atoms with E-state index in [0.717, 1.165) is 0 Å². The van der Waals surface area contributed by atoms with Crippen molar-refractivity contribution in [3.05, 3.63) is 41.9 Å². The number of aliphatic carboxylic acids is 1. The van der Waals surface area contributed by atoms with E-state index in [9.17, 15) is 4.79 Å². The lowest BCUT2D eigenvalue weighted by molar-refractivity contribution is -0.132. The number of carbonyl (C=O) groups is 1. The van der Waals surface area contributed by atoms with Crippen molar-refractivity contribution < 1.29 is 14.3 Å². The molecular formula is C10H7NO3. The lowest BCUT2D eigenvalue weighted by atomic mass is 10.2. The molecule has 0 aromatic carbocycles. The molecule has 1 rings (SSSR count). The molecule has 0 spiro atoms. The summed E-state index contributed by atoms with van der Waals surface area (Å²) in [7, 11) is 0. The van der Waals surface area contributed by atoms with E-state index < -0.39 is 5.97 Å². The van der Waals surface area contributed by atoms with Gasteiger partial charge in [-0.15, -0.1) is 0 Å². The second kappa shape index (κ2) is 4.67. The zero-order valence-corrected chi connectivity index (χ0v) is 7.18. The van der Waals surface area contributed by atoms with E-state index >= 15 is 0 Å². The molecule has 4 nitrogen and oxygen atoms in total. The first kappa shape index (κ1) is 9.81. The van der Waals surface area contributed by atoms with E-state index in [1.54, 1.807) is 24.3 Å². The van der Waals surface area contributed by atoms with Crippen LogP contribution in [-0.2, 0) is 4.79 Å². The molecule has 4 heteroatoms. The molecule has 0 saturated carbocycles. The molecule has 70 valence electrons. The second-order valence-corrected chi connectivity index (χ2v) is 2.37. The van der Waals surface area contributed by atoms with Crippen LogP contribution in [0.15, 0.2) is 40.5 Å². The highest BCUT2D eigenvalue weighted by atomic mass is 16.4. The van der Waals surface area contributed by atoms with Gasteiger partial charge in [-0.2, -0.15) is 5.26 Å². The lowest BCUT2D eigenvalue weighted by Gasteiger charge is -1.84. The summed E-state index contributed by atoms with van der Waals surface area (Å²) >= 11 is 0. The smallest absolute Gasteiger partial charge is 0.346 e. The summed E-state index contributed by atoms with van der Waals surface area (Å²) in [5.74, 6) is -0.638. The van der Waals surface area contributed by atoms with Gasteiger partial charge in [0.25, 0.3) is 0 Å². The van der Waals surface area contributed by atoms with Gasteiger partial charge in [-0.25, -0.2) is 4.79 Å². The fraction of sp³-hybridized carbons (Fsp3) is 0. The van der Waals surface area contributed by atoms with Crippen molar-refractivity contribution >= 4 is 12.0 Å². The van der Waals surface area contributed by atoms with Crippen LogP contribution in [0.4, 0.5) is 0 Å². The Hall–Kier alpha value is -2.28. The molecule has 1 aromatic heterocycles. The van der Waals surface area contributed by atoms with Crippen molar-refractivity contribution in [1.82, 2.24) is 0 Å². The molecule has 1 heterocycles. The van der Waals surface area contributed by atoms with Crippen LogP contribution >= 0.6 is 0 Å². The quantitative estimate of drug-likeness (QED) is 0.447. The summed E-state index contributed by atoms with van der Waals surface area (Å²) in [6, 6.07) is 4.99. The van der Waals surface area contributed by atoms with Crippen LogP contribution in [0.25, 0.3) is 6.08 Å². The van der Waals surface area contributed by atoms with E-state index in [1.807, 2.05) is 0 Å². The highest BCUT2D eigenvalue weighted by molar-refractivity contribution is 5.91. The van der Waals surface area contributed by atoms with Gasteiger partial charge in [0, 0.05) is 0 Å². The topological polar surface area (TPSA) is 74.2 Å². The van der Waals surface area contributed by atoms with Gasteiger partial charge in [-0.3, -0.25) is 0 Å². The number of furan rings is 1. The monoisotopic (exact) mass is 189 g/mol. The van der Waals surface area contributed by atoms with Crippen molar-refractivity contribution in [2.24, 2.45) is 0 Å². The third kappa shape index (κ3) is 2.64. The molecule has 0 bridgehead atoms. The molecule has 1 aromatic rings. The van der Waals surface area contributed by atoms with Crippen molar-refractivity contribution in [3.63, 3.8) is 0 Å². The van der Waals surface area contributed by atoms with Gasteiger partial charge in [0.05, 0.1) is 6.26 Å². The van der Waals surface area contributed by atoms with Gasteiger partial charge in [0.15, 0.2) is 0 Å². The largest absolute Gasteiger partial charge is 0.477 e. The van der Waals surface area contributed by atoms with Crippen molar-refractivity contribution in [3.8, 4) is 6.07 Å². The highest BCUT2D eigenvalue weighted by Gasteiger charge is 2.02. The minimum atomic E-state index is -1.24. The molecule has 0 aliphatic heterocycles. The number of nitriles is 1. The number of rotatable bonds is 3. The average molecular weight is 189 g/mol. The van der Waals surface area contributed by atoms with Crippen LogP contribution in [0.3, 0.4) is 0 Å². The first-order valence-electron chi connectivity index (χ1n) is 3.79. The summed E-state index contributed by atoms with van der Waals surface area (Å²) in [6.45, 7) is 0. The fourth-order valence-electron chi connectivity index (χ4n) is 0.782. The van der Waals surface area contributed by atoms with Crippen LogP contribution < -0.4 is 0 Å². The van der Waals surface area contributed by atoms with E-state index in [4.69, 9.17) is 14.8 Å². The maximum Gasteiger partial charge on any atom is 0.346 e. The first-order valence-corrected chi connectivity index (χ1v) is 3.79. The Labute approximate surface area is 80.4 Å². The third-order valence-electron chi connectivity index (χ3n) is 1.42. The van der Waals surface area contributed by atoms with Crippen LogP contribution in [0.1, 0.15) is 5.76 Å². The number of carboxylic acid groups (broad SMARTS) is 1. The van der Waals surface area contributed by atoms with Crippen LogP contribution in [0.5, 0.6) is 0 Å². The predicted octanol–water partition coefficient (Wildman–Crippen LogP) is 1.83. The Morgan fingerprint density at radius 3 is 2.93 bits per heavy atom. The Balaban J connectivity index is 2.71. The van der Waals surface area contributed by atoms with Gasteiger partial charge in [-0.05, 0) is 24.3 Å². The minimum absolute atomic E-state index is 0.312. The molecule has 0 fully saturated rings. The maximum absolute atomic E-state index is 10.4. The molecule has 0 aliphatic carbocycles. The highest BCUT2D eigenvalue weighted by Crippen LogP contribution is 2.03. The second-order valence-electron chi connectivity index (χ2n) is 2.37. The maximum atomic E-state index is 10.4. The molecule has 0 radical (unpaired) electrons. The number of hydrogen-bond acceptors (Lipinski definition) is 3. The average Bonchev–Trinajstić information content (AvgIpc) is 2.64. The van der Waals surface area contributed by atoms with Crippen LogP contribution in [0.2, 0.25) is 0 Å². The number of carboxylic acids is 1. The van der Waals surface area contributed by atoms with E-state index in [2.05, 4.69) is 0 Å². The summed E-state index contributed by atoms with van der Waals surface area (Å²) in [5.41, 5.74) is -0.312. The summed E-state index contributed by atoms with van der Waals surface area (Å²) in [4.78, 5) is 10.4. The third-order valence-corrected chi connectivity index (χ3v) is 1.42. The molecule has 0 amide bonds. The zero-order valence-electron chi connectivity index (χ0n) is 7.18. The van der Waals surface area contributed by atoms with Crippen LogP contribution in [-0.4, -0.2) is 11.1 Å². The van der Waals surface area contributed by atoms with Gasteiger partial charge < -0.3 is 9.52 Å². The predicted molar refractivity (Wildman–Crippen MR) is 49.1 cm³/mol. The number of nitrogens with zero attached hydrogens (tertiary/aromatic N) is 1. The lowest BCUT2D eigenvalue weighted by Crippen LogP contribution is -1.96. The van der Waals surface area contributed by atoms with Gasteiger partial charge in [0.1, 0.15) is 17.4 Å². The Kier molecular flexibility index (Phi) is 3.27. The summed E-state index contributed by atoms with van der Waals surface area (Å²) in [5, 5.41) is 16.9. The fourth-order valence-corrected chi connectivity index (χ4v) is 0.782. The molecule has 1 N–H and O–H groups in total. The van der Waals surface area contributed by atoms with E-state index in [-0.39, 0.29) is 5.57 Å². The molecule has 14 heavy (non-hydrogen) atoms. The van der Waals surface area contributed by atoms with Crippen molar-refractivity contribution in [2.75, 3.05) is 0 Å². The summed E-state index contributed by atoms with van der Waals surface area (Å²) in [6.07, 6.45) is 5.74. The standard InChI is InChI=1S/C10H7NO3/c11-7-8(10(12)13)3-1-4-9-5-2-6-14-9/h1-6H,(H,12,13). The van der Waals surface area contributed by atoms with E-state index in [1.165, 1.54) is 18.4 Å². The molecule has 0 aliphatic rings. The van der Waals surface area contributed by atoms with Crippen LogP contribution in [0, 0.1) is 11.3 Å². The Bertz CT molecular complexity index is 407. The molecular weight excluding hydrogens is 182 g/mol. The van der Waals surface area contributed by atoms with Gasteiger partial charge in [0.2, 0.25) is 0 Å². The Morgan fingerprint density at radius 1 is 1.64 bits per heavy atom. The summed E-state index contributed by atoms with van der Waals surface area (Å²) < 4.78 is 4.96. The number of hydrogen-bond donors (Lipinski definition) is 1. The van der Waals surface area contributed by atoms with Crippen molar-refractivity contribution in [2.45, 2.75) is 0 Å². The molecule has 0 atom stereocenters. The molecule has 0 unspecified atom stereocenters. The SMILES string of the molecule is N#CC(=CC=Cc1ccco1)C(=O)O. The normalized spacial score (nSPS) is 11.5. The number of allylic oxidation sites excluding steroid dienone is 2. The van der Waals surface area contributed by atoms with Crippen molar-refractivity contribution in [1.29, 1.82) is 5.26 Å². The van der Waals surface area contributed by atoms with E-state index in [0.29, 0.717) is 5.76 Å². The first-order chi connectivity index (χ1) is 6.74. The van der Waals surface area contributed by atoms with Gasteiger partial charge >= 0.3 is 5.97 Å². The molecule has 0 saturated heterocycles. The zero-order chi connectivity index (χ0) is 10.4. The minimum Gasteiger partial charge on any atom is -0.477 e. The van der Waals surface area contributed by atoms with Gasteiger partial charge in [-0.1, -0.05) is 6.08 Å². The Morgan fingerprint density at radius 2 is 2.43 bits per heavy atom.